The van der Waals surface area contributed by atoms with Crippen LogP contribution in [-0.4, -0.2) is 40.5 Å². The van der Waals surface area contributed by atoms with E-state index in [0.717, 1.165) is 64.9 Å². The van der Waals surface area contributed by atoms with Crippen LogP contribution < -0.4 is 5.32 Å². The number of fused-ring (bicyclic) bond motifs is 6. The highest BCUT2D eigenvalue weighted by molar-refractivity contribution is 7.26. The quantitative estimate of drug-likeness (QED) is 0.0504. The topological polar surface area (TPSA) is 152 Å². The molecule has 0 radical (unpaired) electrons. The first-order chi connectivity index (χ1) is 27.7. The first kappa shape index (κ1) is 35.3. The van der Waals surface area contributed by atoms with Gasteiger partial charge >= 0.3 is 0 Å². The van der Waals surface area contributed by atoms with Gasteiger partial charge in [0.05, 0.1) is 0 Å². The van der Waals surface area contributed by atoms with Crippen molar-refractivity contribution in [2.45, 2.75) is 13.3 Å². The van der Waals surface area contributed by atoms with Crippen molar-refractivity contribution in [1.82, 2.24) is 15.0 Å². The summed E-state index contributed by atoms with van der Waals surface area (Å²) in [5.74, 6) is -4.61. The van der Waals surface area contributed by atoms with Crippen molar-refractivity contribution >= 4 is 48.5 Å². The van der Waals surface area contributed by atoms with Gasteiger partial charge in [-0.05, 0) is 71.5 Å². The summed E-state index contributed by atoms with van der Waals surface area (Å²) in [5, 5.41) is 59.0. The minimum absolute atomic E-state index is 0.214. The lowest BCUT2D eigenvalue weighted by Crippen LogP contribution is -2.02. The number of allylic oxidation sites excluding steroid dienone is 5. The van der Waals surface area contributed by atoms with E-state index in [1.807, 2.05) is 98.0 Å². The second kappa shape index (κ2) is 14.0. The Morgan fingerprint density at radius 3 is 2.11 bits per heavy atom. The third kappa shape index (κ3) is 5.99. The molecule has 2 aromatic heterocycles. The number of nitrogens with one attached hydrogen (secondary N) is 1. The second-order valence-electron chi connectivity index (χ2n) is 13.7. The van der Waals surface area contributed by atoms with Gasteiger partial charge in [0, 0.05) is 48.2 Å². The Morgan fingerprint density at radius 1 is 0.649 bits per heavy atom. The predicted octanol–water partition coefficient (Wildman–Crippen LogP) is 11.2. The SMILES string of the molecule is C=C(/C=C\C=C/C)c1ccccc1Nc1ccc2c(c1)Cc1c(-c3nc(-c4c(O)c(O)c(O)c(O)c4O)nc(-c4cccc5c4sc4ccccc45)n3)cccc1-2. The Kier molecular flexibility index (Phi) is 8.67. The molecule has 0 atom stereocenters. The maximum atomic E-state index is 11.0. The highest BCUT2D eigenvalue weighted by Crippen LogP contribution is 2.54. The summed E-state index contributed by atoms with van der Waals surface area (Å²) in [6.07, 6.45) is 8.45. The first-order valence-corrected chi connectivity index (χ1v) is 19.0. The maximum absolute atomic E-state index is 11.0. The minimum atomic E-state index is -1.07. The number of phenols is 5. The molecule has 0 saturated carbocycles. The lowest BCUT2D eigenvalue weighted by atomic mass is 10.0. The van der Waals surface area contributed by atoms with Crippen molar-refractivity contribution in [2.24, 2.45) is 0 Å². The van der Waals surface area contributed by atoms with Crippen LogP contribution >= 0.6 is 11.3 Å². The summed E-state index contributed by atoms with van der Waals surface area (Å²) >= 11 is 1.59. The van der Waals surface area contributed by atoms with Gasteiger partial charge in [-0.1, -0.05) is 104 Å². The van der Waals surface area contributed by atoms with Crippen LogP contribution in [0.4, 0.5) is 11.4 Å². The fourth-order valence-electron chi connectivity index (χ4n) is 7.46. The van der Waals surface area contributed by atoms with Crippen molar-refractivity contribution in [3.8, 4) is 74.0 Å². The van der Waals surface area contributed by atoms with E-state index in [9.17, 15) is 25.5 Å². The predicted molar refractivity (Wildman–Crippen MR) is 228 cm³/mol. The third-order valence-corrected chi connectivity index (χ3v) is 11.4. The molecule has 0 bridgehead atoms. The zero-order chi connectivity index (χ0) is 39.4. The van der Waals surface area contributed by atoms with Crippen molar-refractivity contribution in [1.29, 1.82) is 0 Å². The maximum Gasteiger partial charge on any atom is 0.208 e. The lowest BCUT2D eigenvalue weighted by molar-refractivity contribution is 0.329. The molecule has 8 aromatic rings. The number of thiophene rings is 1. The summed E-state index contributed by atoms with van der Waals surface area (Å²) in [5.41, 5.74) is 8.81. The van der Waals surface area contributed by atoms with Gasteiger partial charge in [-0.25, -0.2) is 15.0 Å². The highest BCUT2D eigenvalue weighted by Gasteiger charge is 2.29. The van der Waals surface area contributed by atoms with Gasteiger partial charge in [0.25, 0.3) is 0 Å². The number of hydrogen-bond donors (Lipinski definition) is 6. The molecule has 6 N–H and O–H groups in total. The molecule has 57 heavy (non-hydrogen) atoms. The van der Waals surface area contributed by atoms with Gasteiger partial charge < -0.3 is 30.8 Å². The Bertz CT molecular complexity index is 2990. The van der Waals surface area contributed by atoms with Gasteiger partial charge in [0.1, 0.15) is 5.56 Å². The van der Waals surface area contributed by atoms with Crippen LogP contribution in [0.5, 0.6) is 28.7 Å². The highest BCUT2D eigenvalue weighted by atomic mass is 32.1. The molecular weight excluding hydrogens is 733 g/mol. The molecule has 0 spiro atoms. The van der Waals surface area contributed by atoms with Gasteiger partial charge in [0.15, 0.2) is 29.0 Å². The van der Waals surface area contributed by atoms with E-state index in [0.29, 0.717) is 17.5 Å². The van der Waals surface area contributed by atoms with E-state index in [1.165, 1.54) is 0 Å². The fraction of sp³-hybridized carbons (Fsp3) is 0.0426. The van der Waals surface area contributed by atoms with Crippen LogP contribution in [0.25, 0.3) is 71.0 Å². The molecule has 9 nitrogen and oxygen atoms in total. The van der Waals surface area contributed by atoms with Crippen LogP contribution in [0.3, 0.4) is 0 Å². The summed E-state index contributed by atoms with van der Waals surface area (Å²) < 4.78 is 2.01. The molecular formula is C47H34N4O5S. The van der Waals surface area contributed by atoms with E-state index < -0.39 is 34.3 Å². The van der Waals surface area contributed by atoms with Gasteiger partial charge in [-0.15, -0.1) is 11.3 Å². The average molecular weight is 767 g/mol. The number of phenolic OH excluding ortho intramolecular Hbond substituents is 5. The molecule has 2 heterocycles. The summed E-state index contributed by atoms with van der Waals surface area (Å²) in [4.78, 5) is 14.5. The molecule has 9 rings (SSSR count). The van der Waals surface area contributed by atoms with E-state index in [4.69, 9.17) is 15.0 Å². The molecule has 10 heteroatoms. The van der Waals surface area contributed by atoms with Crippen molar-refractivity contribution in [3.05, 3.63) is 151 Å². The number of aromatic hydroxyl groups is 5. The summed E-state index contributed by atoms with van der Waals surface area (Å²) in [6.45, 7) is 6.25. The van der Waals surface area contributed by atoms with E-state index in [2.05, 4.69) is 48.3 Å². The Balaban J connectivity index is 1.16. The van der Waals surface area contributed by atoms with Crippen molar-refractivity contribution in [2.75, 3.05) is 5.32 Å². The number of para-hydroxylation sites is 1. The van der Waals surface area contributed by atoms with Crippen molar-refractivity contribution in [3.63, 3.8) is 0 Å². The lowest BCUT2D eigenvalue weighted by Gasteiger charge is -2.14. The summed E-state index contributed by atoms with van der Waals surface area (Å²) in [7, 11) is 0. The largest absolute Gasteiger partial charge is 0.504 e. The van der Waals surface area contributed by atoms with Crippen LogP contribution in [0.2, 0.25) is 0 Å². The second-order valence-corrected chi connectivity index (χ2v) is 14.7. The normalized spacial score (nSPS) is 12.2. The zero-order valence-electron chi connectivity index (χ0n) is 30.5. The Hall–Kier alpha value is -7.43. The van der Waals surface area contributed by atoms with Crippen LogP contribution in [0.15, 0.2) is 134 Å². The van der Waals surface area contributed by atoms with Gasteiger partial charge in [-0.3, -0.25) is 0 Å². The molecule has 278 valence electrons. The molecule has 1 aliphatic carbocycles. The molecule has 0 amide bonds. The standard InChI is InChI=1S/C47H34N4O5S/c1-3-4-5-12-25(2)28-13-6-8-19-36(28)48-27-21-22-29-26(23-27)24-35-30(29)15-10-17-33(35)45-49-46(34-18-11-16-32-31-14-7-9-20-37(31)57-44(32)34)51-47(50-45)38-39(52)41(54)43(56)42(55)40(38)53/h3-23,48,52-56H,2,24H2,1H3/b4-3-,12-5-. The van der Waals surface area contributed by atoms with Crippen LogP contribution in [-0.2, 0) is 6.42 Å². The number of hydrogen-bond acceptors (Lipinski definition) is 10. The van der Waals surface area contributed by atoms with E-state index >= 15 is 0 Å². The van der Waals surface area contributed by atoms with Crippen LogP contribution in [0.1, 0.15) is 23.6 Å². The number of nitrogens with zero attached hydrogens (tertiary/aromatic N) is 3. The number of rotatable bonds is 8. The smallest absolute Gasteiger partial charge is 0.208 e. The molecule has 6 aromatic carbocycles. The monoisotopic (exact) mass is 766 g/mol. The molecule has 0 fully saturated rings. The zero-order valence-corrected chi connectivity index (χ0v) is 31.3. The third-order valence-electron chi connectivity index (χ3n) is 10.2. The van der Waals surface area contributed by atoms with Crippen molar-refractivity contribution < 1.29 is 25.5 Å². The average Bonchev–Trinajstić information content (AvgIpc) is 3.80. The Labute approximate surface area is 331 Å². The summed E-state index contributed by atoms with van der Waals surface area (Å²) in [6, 6.07) is 34.2. The number of anilines is 2. The number of benzene rings is 6. The number of aromatic nitrogens is 3. The molecule has 0 unspecified atom stereocenters. The first-order valence-electron chi connectivity index (χ1n) is 18.2. The molecule has 0 aliphatic heterocycles. The minimum Gasteiger partial charge on any atom is -0.504 e. The molecule has 0 saturated heterocycles. The van der Waals surface area contributed by atoms with E-state index in [1.54, 1.807) is 11.3 Å². The fourth-order valence-corrected chi connectivity index (χ4v) is 8.67. The van der Waals surface area contributed by atoms with Crippen LogP contribution in [0, 0.1) is 0 Å². The molecule has 1 aliphatic rings. The Morgan fingerprint density at radius 2 is 1.30 bits per heavy atom. The van der Waals surface area contributed by atoms with Gasteiger partial charge in [-0.2, -0.15) is 0 Å². The van der Waals surface area contributed by atoms with E-state index in [-0.39, 0.29) is 17.5 Å². The van der Waals surface area contributed by atoms with Gasteiger partial charge in [0.2, 0.25) is 17.2 Å².